The number of rotatable bonds is 5. The molecular formula is C20H26N4O4. The molecule has 1 N–H and O–H groups in total. The zero-order valence-electron chi connectivity index (χ0n) is 16.5. The predicted octanol–water partition coefficient (Wildman–Crippen LogP) is 1.24. The molecule has 2 heterocycles. The first-order valence-electron chi connectivity index (χ1n) is 9.34. The molecule has 1 aromatic carbocycles. The van der Waals surface area contributed by atoms with Gasteiger partial charge in [0.2, 0.25) is 5.75 Å². The van der Waals surface area contributed by atoms with Crippen molar-refractivity contribution in [2.75, 3.05) is 33.8 Å². The van der Waals surface area contributed by atoms with Crippen molar-refractivity contribution in [3.05, 3.63) is 57.8 Å². The summed E-state index contributed by atoms with van der Waals surface area (Å²) in [4.78, 5) is 33.5. The monoisotopic (exact) mass is 386 g/mol. The molecule has 0 saturated carbocycles. The van der Waals surface area contributed by atoms with Crippen molar-refractivity contribution in [2.45, 2.75) is 26.1 Å². The van der Waals surface area contributed by atoms with Gasteiger partial charge in [-0.1, -0.05) is 37.3 Å². The lowest BCUT2D eigenvalue weighted by Gasteiger charge is -2.30. The zero-order chi connectivity index (χ0) is 20.3. The van der Waals surface area contributed by atoms with Crippen LogP contribution < -0.4 is 5.56 Å². The van der Waals surface area contributed by atoms with Gasteiger partial charge in [-0.15, -0.1) is 0 Å². The van der Waals surface area contributed by atoms with Crippen LogP contribution in [0.5, 0.6) is 5.75 Å². The number of hydrogen-bond donors (Lipinski definition) is 1. The number of aromatic hydroxyl groups is 1. The normalized spacial score (nSPS) is 17.2. The third-order valence-electron chi connectivity index (χ3n) is 5.18. The number of carbonyl (C=O) groups excluding carboxylic acids is 1. The summed E-state index contributed by atoms with van der Waals surface area (Å²) in [5.41, 5.74) is 0.196. The summed E-state index contributed by atoms with van der Waals surface area (Å²) in [5, 5.41) is 10.2. The Hall–Kier alpha value is -2.71. The van der Waals surface area contributed by atoms with E-state index >= 15 is 0 Å². The topological polar surface area (TPSA) is 87.9 Å². The third kappa shape index (κ3) is 3.93. The number of methoxy groups -OCH3 is 1. The molecule has 1 aromatic heterocycles. The van der Waals surface area contributed by atoms with Crippen LogP contribution in [0.3, 0.4) is 0 Å². The molecule has 28 heavy (non-hydrogen) atoms. The van der Waals surface area contributed by atoms with Crippen LogP contribution >= 0.6 is 0 Å². The number of nitrogens with zero attached hydrogens (tertiary/aromatic N) is 4. The zero-order valence-corrected chi connectivity index (χ0v) is 16.5. The smallest absolute Gasteiger partial charge is 0.360 e. The van der Waals surface area contributed by atoms with Crippen LogP contribution in [0, 0.1) is 0 Å². The minimum Gasteiger partial charge on any atom is -0.501 e. The summed E-state index contributed by atoms with van der Waals surface area (Å²) >= 11 is 0. The van der Waals surface area contributed by atoms with Crippen molar-refractivity contribution in [3.8, 4) is 5.75 Å². The lowest BCUT2D eigenvalue weighted by molar-refractivity contribution is 0.0587. The molecule has 1 atom stereocenters. The van der Waals surface area contributed by atoms with Gasteiger partial charge in [-0.25, -0.2) is 9.78 Å². The molecule has 0 fully saturated rings. The fraction of sp³-hybridized carbons (Fsp3) is 0.450. The minimum atomic E-state index is -0.820. The summed E-state index contributed by atoms with van der Waals surface area (Å²) in [6.07, 6.45) is 0. The Morgan fingerprint density at radius 3 is 2.68 bits per heavy atom. The van der Waals surface area contributed by atoms with Gasteiger partial charge in [0.05, 0.1) is 13.2 Å². The summed E-state index contributed by atoms with van der Waals surface area (Å²) in [6, 6.07) is 9.80. The van der Waals surface area contributed by atoms with E-state index in [-0.39, 0.29) is 11.7 Å². The molecule has 2 aromatic rings. The van der Waals surface area contributed by atoms with E-state index in [0.29, 0.717) is 32.0 Å². The molecule has 3 rings (SSSR count). The highest BCUT2D eigenvalue weighted by atomic mass is 16.5. The van der Waals surface area contributed by atoms with Gasteiger partial charge >= 0.3 is 5.97 Å². The first-order valence-corrected chi connectivity index (χ1v) is 9.34. The highest BCUT2D eigenvalue weighted by Gasteiger charge is 2.31. The van der Waals surface area contributed by atoms with Gasteiger partial charge < -0.3 is 9.84 Å². The summed E-state index contributed by atoms with van der Waals surface area (Å²) in [5.74, 6) is -1.01. The third-order valence-corrected chi connectivity index (χ3v) is 5.18. The van der Waals surface area contributed by atoms with Crippen LogP contribution in [0.4, 0.5) is 0 Å². The Balaban J connectivity index is 2.07. The Kier molecular flexibility index (Phi) is 6.11. The number of aromatic nitrogens is 2. The lowest BCUT2D eigenvalue weighted by atomic mass is 10.1. The second-order valence-corrected chi connectivity index (χ2v) is 6.93. The Morgan fingerprint density at radius 1 is 1.32 bits per heavy atom. The van der Waals surface area contributed by atoms with Crippen LogP contribution in [-0.4, -0.2) is 64.2 Å². The van der Waals surface area contributed by atoms with E-state index < -0.39 is 17.3 Å². The average molecular weight is 386 g/mol. The predicted molar refractivity (Wildman–Crippen MR) is 104 cm³/mol. The molecule has 0 radical (unpaired) electrons. The van der Waals surface area contributed by atoms with Gasteiger partial charge in [-0.05, 0) is 19.2 Å². The second kappa shape index (κ2) is 8.53. The summed E-state index contributed by atoms with van der Waals surface area (Å²) < 4.78 is 6.17. The van der Waals surface area contributed by atoms with E-state index in [9.17, 15) is 14.7 Å². The van der Waals surface area contributed by atoms with E-state index in [2.05, 4.69) is 21.7 Å². The Bertz CT molecular complexity index is 897. The van der Waals surface area contributed by atoms with Crippen molar-refractivity contribution in [1.82, 2.24) is 19.4 Å². The van der Waals surface area contributed by atoms with Crippen molar-refractivity contribution in [2.24, 2.45) is 0 Å². The number of benzene rings is 1. The van der Waals surface area contributed by atoms with Crippen molar-refractivity contribution < 1.29 is 14.6 Å². The molecule has 8 heteroatoms. The maximum Gasteiger partial charge on any atom is 0.360 e. The van der Waals surface area contributed by atoms with Crippen LogP contribution in [0.15, 0.2) is 35.1 Å². The molecular weight excluding hydrogens is 360 g/mol. The van der Waals surface area contributed by atoms with E-state index in [1.54, 1.807) is 0 Å². The van der Waals surface area contributed by atoms with Crippen molar-refractivity contribution in [1.29, 1.82) is 0 Å². The van der Waals surface area contributed by atoms with Crippen LogP contribution in [0.1, 0.15) is 34.8 Å². The SMILES string of the molecule is CCN1CCn2c(nc(C(=O)OC)c(O)c2=O)C(N(C)Cc2ccccc2)C1. The van der Waals surface area contributed by atoms with Crippen molar-refractivity contribution >= 4 is 5.97 Å². The van der Waals surface area contributed by atoms with Gasteiger partial charge in [0.25, 0.3) is 5.56 Å². The molecule has 1 unspecified atom stereocenters. The number of esters is 1. The van der Waals surface area contributed by atoms with Gasteiger partial charge in [-0.2, -0.15) is 0 Å². The molecule has 0 aliphatic carbocycles. The fourth-order valence-corrected chi connectivity index (χ4v) is 3.53. The maximum absolute atomic E-state index is 12.8. The van der Waals surface area contributed by atoms with Crippen molar-refractivity contribution in [3.63, 3.8) is 0 Å². The molecule has 1 aliphatic heterocycles. The van der Waals surface area contributed by atoms with E-state index in [0.717, 1.165) is 12.1 Å². The Labute approximate surface area is 164 Å². The quantitative estimate of drug-likeness (QED) is 0.774. The standard InChI is InChI=1S/C20H26N4O4/c1-4-23-10-11-24-18(21-16(20(27)28-3)17(25)19(24)26)15(13-23)22(2)12-14-8-6-5-7-9-14/h5-9,15,25H,4,10-13H2,1-3H3. The Morgan fingerprint density at radius 2 is 2.04 bits per heavy atom. The van der Waals surface area contributed by atoms with Crippen LogP contribution in [0.2, 0.25) is 0 Å². The van der Waals surface area contributed by atoms with E-state index in [4.69, 9.17) is 4.74 Å². The number of ether oxygens (including phenoxy) is 1. The van der Waals surface area contributed by atoms with E-state index in [1.807, 2.05) is 37.4 Å². The van der Waals surface area contributed by atoms with Gasteiger partial charge in [0, 0.05) is 26.2 Å². The molecule has 0 spiro atoms. The minimum absolute atomic E-state index is 0.223. The summed E-state index contributed by atoms with van der Waals surface area (Å²) in [7, 11) is 3.17. The maximum atomic E-state index is 12.8. The number of fused-ring (bicyclic) bond motifs is 1. The summed E-state index contributed by atoms with van der Waals surface area (Å²) in [6.45, 7) is 5.29. The molecule has 8 nitrogen and oxygen atoms in total. The van der Waals surface area contributed by atoms with E-state index in [1.165, 1.54) is 11.7 Å². The molecule has 150 valence electrons. The lowest BCUT2D eigenvalue weighted by Crippen LogP contribution is -2.36. The van der Waals surface area contributed by atoms with Gasteiger partial charge in [-0.3, -0.25) is 19.2 Å². The largest absolute Gasteiger partial charge is 0.501 e. The van der Waals surface area contributed by atoms with Crippen LogP contribution in [-0.2, 0) is 17.8 Å². The highest BCUT2D eigenvalue weighted by Crippen LogP contribution is 2.25. The molecule has 0 bridgehead atoms. The van der Waals surface area contributed by atoms with Crippen LogP contribution in [0.25, 0.3) is 0 Å². The number of carbonyl (C=O) groups is 1. The molecule has 1 aliphatic rings. The van der Waals surface area contributed by atoms with Gasteiger partial charge in [0.15, 0.2) is 5.69 Å². The fourth-order valence-electron chi connectivity index (χ4n) is 3.53. The first kappa shape index (κ1) is 20.0. The second-order valence-electron chi connectivity index (χ2n) is 6.93. The number of likely N-dealkylation sites (N-methyl/N-ethyl adjacent to an activating group) is 2. The number of hydrogen-bond acceptors (Lipinski definition) is 7. The van der Waals surface area contributed by atoms with Gasteiger partial charge in [0.1, 0.15) is 5.82 Å². The molecule has 0 amide bonds. The highest BCUT2D eigenvalue weighted by molar-refractivity contribution is 5.89. The first-order chi connectivity index (χ1) is 13.5. The molecule has 0 saturated heterocycles. The average Bonchev–Trinajstić information content (AvgIpc) is 2.90.